The zero-order valence-corrected chi connectivity index (χ0v) is 8.24. The fraction of sp³-hybridized carbons (Fsp3) is 0.875. The van der Waals surface area contributed by atoms with Gasteiger partial charge in [-0.25, -0.2) is 4.39 Å². The maximum atomic E-state index is 11.7. The molecule has 13 heavy (non-hydrogen) atoms. The third kappa shape index (κ3) is 4.38. The highest BCUT2D eigenvalue weighted by molar-refractivity contribution is 7.80. The second kappa shape index (κ2) is 5.34. The van der Waals surface area contributed by atoms with Crippen molar-refractivity contribution >= 4 is 17.3 Å². The molecule has 0 radical (unpaired) electrons. The van der Waals surface area contributed by atoms with Crippen LogP contribution in [-0.4, -0.2) is 36.1 Å². The Labute approximate surface area is 82.7 Å². The van der Waals surface area contributed by atoms with Crippen molar-refractivity contribution in [2.75, 3.05) is 19.8 Å². The molecule has 1 fully saturated rings. The van der Waals surface area contributed by atoms with Crippen LogP contribution in [0.1, 0.15) is 12.8 Å². The van der Waals surface area contributed by atoms with Crippen LogP contribution in [0.2, 0.25) is 0 Å². The molecular formula is C8H15FN2OS. The summed E-state index contributed by atoms with van der Waals surface area (Å²) in [5, 5.41) is 15.4. The quantitative estimate of drug-likeness (QED) is 0.562. The smallest absolute Gasteiger partial charge is 0.166 e. The number of hydrogen-bond acceptors (Lipinski definition) is 2. The number of aliphatic hydroxyl groups excluding tert-OH is 1. The van der Waals surface area contributed by atoms with Gasteiger partial charge in [-0.15, -0.1) is 0 Å². The monoisotopic (exact) mass is 206 g/mol. The number of thiocarbonyl (C=S) groups is 1. The first kappa shape index (κ1) is 10.7. The molecule has 3 nitrogen and oxygen atoms in total. The van der Waals surface area contributed by atoms with Crippen molar-refractivity contribution in [1.82, 2.24) is 10.6 Å². The fourth-order valence-corrected chi connectivity index (χ4v) is 1.25. The van der Waals surface area contributed by atoms with E-state index in [1.165, 1.54) is 0 Å². The molecule has 76 valence electrons. The predicted molar refractivity (Wildman–Crippen MR) is 53.3 cm³/mol. The zero-order valence-electron chi connectivity index (χ0n) is 7.42. The lowest BCUT2D eigenvalue weighted by Gasteiger charge is -2.12. The van der Waals surface area contributed by atoms with Crippen molar-refractivity contribution in [2.24, 2.45) is 5.92 Å². The maximum absolute atomic E-state index is 11.7. The second-order valence-electron chi connectivity index (χ2n) is 3.23. The van der Waals surface area contributed by atoms with Crippen molar-refractivity contribution in [1.29, 1.82) is 0 Å². The van der Waals surface area contributed by atoms with Gasteiger partial charge >= 0.3 is 0 Å². The lowest BCUT2D eigenvalue weighted by molar-refractivity contribution is 0.154. The molecule has 0 heterocycles. The van der Waals surface area contributed by atoms with Gasteiger partial charge < -0.3 is 15.7 Å². The SMILES string of the molecule is OC(CNC(=S)NCCF)C1CC1. The average Bonchev–Trinajstić information content (AvgIpc) is 2.93. The molecule has 0 saturated heterocycles. The molecule has 0 aliphatic heterocycles. The van der Waals surface area contributed by atoms with Gasteiger partial charge in [0.1, 0.15) is 6.67 Å². The summed E-state index contributed by atoms with van der Waals surface area (Å²) in [6.45, 7) is 0.251. The molecule has 5 heteroatoms. The van der Waals surface area contributed by atoms with E-state index < -0.39 is 6.67 Å². The summed E-state index contributed by atoms with van der Waals surface area (Å²) in [6, 6.07) is 0. The number of hydrogen-bond donors (Lipinski definition) is 3. The Balaban J connectivity index is 2.00. The summed E-state index contributed by atoms with van der Waals surface area (Å²) in [4.78, 5) is 0. The lowest BCUT2D eigenvalue weighted by atomic mass is 10.2. The van der Waals surface area contributed by atoms with Crippen LogP contribution in [0.3, 0.4) is 0 Å². The van der Waals surface area contributed by atoms with Crippen LogP contribution in [-0.2, 0) is 0 Å². The Bertz CT molecular complexity index is 176. The molecule has 0 aromatic carbocycles. The molecule has 0 bridgehead atoms. The largest absolute Gasteiger partial charge is 0.391 e. The van der Waals surface area contributed by atoms with Gasteiger partial charge in [-0.05, 0) is 31.0 Å². The second-order valence-corrected chi connectivity index (χ2v) is 3.64. The molecule has 3 N–H and O–H groups in total. The summed E-state index contributed by atoms with van der Waals surface area (Å²) < 4.78 is 11.7. The highest BCUT2D eigenvalue weighted by Crippen LogP contribution is 2.32. The van der Waals surface area contributed by atoms with Crippen LogP contribution in [0, 0.1) is 5.92 Å². The van der Waals surface area contributed by atoms with E-state index in [1.54, 1.807) is 0 Å². The normalized spacial score (nSPS) is 18.0. The Hall–Kier alpha value is -0.420. The van der Waals surface area contributed by atoms with E-state index in [1.807, 2.05) is 0 Å². The van der Waals surface area contributed by atoms with Gasteiger partial charge in [0.05, 0.1) is 6.10 Å². The van der Waals surface area contributed by atoms with Gasteiger partial charge in [-0.2, -0.15) is 0 Å². The van der Waals surface area contributed by atoms with Gasteiger partial charge in [-0.1, -0.05) is 0 Å². The van der Waals surface area contributed by atoms with Gasteiger partial charge in [0.2, 0.25) is 0 Å². The van der Waals surface area contributed by atoms with Crippen molar-refractivity contribution in [3.05, 3.63) is 0 Å². The Morgan fingerprint density at radius 2 is 2.23 bits per heavy atom. The first-order valence-electron chi connectivity index (χ1n) is 4.49. The number of alkyl halides is 1. The van der Waals surface area contributed by atoms with E-state index in [-0.39, 0.29) is 12.6 Å². The standard InChI is InChI=1S/C8H15FN2OS/c9-3-4-10-8(13)11-5-7(12)6-1-2-6/h6-7,12H,1-5H2,(H2,10,11,13). The highest BCUT2D eigenvalue weighted by atomic mass is 32.1. The van der Waals surface area contributed by atoms with Crippen LogP contribution >= 0.6 is 12.2 Å². The molecule has 1 rings (SSSR count). The van der Waals surface area contributed by atoms with Gasteiger partial charge in [-0.3, -0.25) is 0 Å². The van der Waals surface area contributed by atoms with Crippen LogP contribution < -0.4 is 10.6 Å². The molecular weight excluding hydrogens is 191 g/mol. The minimum atomic E-state index is -0.438. The van der Waals surface area contributed by atoms with Crippen LogP contribution in [0.5, 0.6) is 0 Å². The van der Waals surface area contributed by atoms with Gasteiger partial charge in [0.15, 0.2) is 5.11 Å². The molecule has 1 unspecified atom stereocenters. The van der Waals surface area contributed by atoms with E-state index in [0.29, 0.717) is 17.6 Å². The van der Waals surface area contributed by atoms with E-state index in [2.05, 4.69) is 10.6 Å². The van der Waals surface area contributed by atoms with Crippen LogP contribution in [0.25, 0.3) is 0 Å². The molecule has 1 atom stereocenters. The maximum Gasteiger partial charge on any atom is 0.166 e. The number of rotatable bonds is 5. The fourth-order valence-electron chi connectivity index (χ4n) is 1.07. The minimum absolute atomic E-state index is 0.228. The molecule has 1 saturated carbocycles. The topological polar surface area (TPSA) is 44.3 Å². The molecule has 1 aliphatic carbocycles. The van der Waals surface area contributed by atoms with Crippen LogP contribution in [0.15, 0.2) is 0 Å². The Morgan fingerprint density at radius 3 is 2.77 bits per heavy atom. The summed E-state index contributed by atoms with van der Waals surface area (Å²) >= 11 is 4.84. The molecule has 0 aromatic heterocycles. The van der Waals surface area contributed by atoms with E-state index >= 15 is 0 Å². The summed E-state index contributed by atoms with van der Waals surface area (Å²) in [7, 11) is 0. The van der Waals surface area contributed by atoms with Crippen molar-refractivity contribution in [2.45, 2.75) is 18.9 Å². The zero-order chi connectivity index (χ0) is 9.68. The molecule has 1 aliphatic rings. The van der Waals surface area contributed by atoms with Crippen LogP contribution in [0.4, 0.5) is 4.39 Å². The Morgan fingerprint density at radius 1 is 1.54 bits per heavy atom. The number of halogens is 1. The predicted octanol–water partition coefficient (Wildman–Crippen LogP) is 0.191. The first-order valence-corrected chi connectivity index (χ1v) is 4.90. The summed E-state index contributed by atoms with van der Waals surface area (Å²) in [6.07, 6.45) is 1.89. The van der Waals surface area contributed by atoms with Crippen molar-refractivity contribution in [3.63, 3.8) is 0 Å². The van der Waals surface area contributed by atoms with Gasteiger partial charge in [0.25, 0.3) is 0 Å². The molecule has 0 aromatic rings. The van der Waals surface area contributed by atoms with E-state index in [9.17, 15) is 9.50 Å². The number of aliphatic hydroxyl groups is 1. The summed E-state index contributed by atoms with van der Waals surface area (Å²) in [5.74, 6) is 0.441. The minimum Gasteiger partial charge on any atom is -0.391 e. The highest BCUT2D eigenvalue weighted by Gasteiger charge is 2.29. The third-order valence-corrected chi connectivity index (χ3v) is 2.31. The van der Waals surface area contributed by atoms with Crippen molar-refractivity contribution in [3.8, 4) is 0 Å². The average molecular weight is 206 g/mol. The van der Waals surface area contributed by atoms with Crippen molar-refractivity contribution < 1.29 is 9.50 Å². The third-order valence-electron chi connectivity index (χ3n) is 2.02. The van der Waals surface area contributed by atoms with E-state index in [4.69, 9.17) is 12.2 Å². The lowest BCUT2D eigenvalue weighted by Crippen LogP contribution is -2.40. The van der Waals surface area contributed by atoms with E-state index in [0.717, 1.165) is 12.8 Å². The Kier molecular flexibility index (Phi) is 4.38. The van der Waals surface area contributed by atoms with Gasteiger partial charge in [0, 0.05) is 13.1 Å². The molecule has 0 spiro atoms. The molecule has 0 amide bonds. The first-order chi connectivity index (χ1) is 6.24. The summed E-state index contributed by atoms with van der Waals surface area (Å²) in [5.41, 5.74) is 0. The number of nitrogens with one attached hydrogen (secondary N) is 2.